The maximum absolute atomic E-state index is 12.6. The van der Waals surface area contributed by atoms with E-state index in [1.165, 1.54) is 154 Å². The van der Waals surface area contributed by atoms with Crippen LogP contribution in [0.3, 0.4) is 0 Å². The lowest BCUT2D eigenvalue weighted by atomic mass is 9.94. The van der Waals surface area contributed by atoms with Crippen LogP contribution in [0.1, 0.15) is 188 Å². The minimum absolute atomic E-state index is 0.0526. The van der Waals surface area contributed by atoms with Gasteiger partial charge in [-0.15, -0.1) is 0 Å². The Kier molecular flexibility index (Phi) is 27.6. The third-order valence-electron chi connectivity index (χ3n) is 7.79. The summed E-state index contributed by atoms with van der Waals surface area (Å²) in [7, 11) is 0. The smallest absolute Gasteiger partial charge is 0.308 e. The van der Waals surface area contributed by atoms with Crippen LogP contribution in [0.15, 0.2) is 0 Å². The van der Waals surface area contributed by atoms with Crippen molar-refractivity contribution >= 4 is 5.97 Å². The summed E-state index contributed by atoms with van der Waals surface area (Å²) in [5.74, 6) is 0.685. The van der Waals surface area contributed by atoms with Crippen LogP contribution in [0, 0.1) is 11.8 Å². The Labute approximate surface area is 222 Å². The van der Waals surface area contributed by atoms with E-state index < -0.39 is 0 Å². The van der Waals surface area contributed by atoms with E-state index in [0.29, 0.717) is 12.5 Å². The molecule has 0 aliphatic rings. The largest absolute Gasteiger partial charge is 0.465 e. The van der Waals surface area contributed by atoms with Gasteiger partial charge in [0, 0.05) is 0 Å². The highest BCUT2D eigenvalue weighted by Gasteiger charge is 2.17. The molecule has 0 radical (unpaired) electrons. The van der Waals surface area contributed by atoms with Gasteiger partial charge < -0.3 is 4.74 Å². The maximum atomic E-state index is 12.6. The Morgan fingerprint density at radius 2 is 0.800 bits per heavy atom. The summed E-state index contributed by atoms with van der Waals surface area (Å²) in [6, 6.07) is 0. The first kappa shape index (κ1) is 34.5. The van der Waals surface area contributed by atoms with Crippen molar-refractivity contribution in [1.29, 1.82) is 0 Å². The number of carbonyl (C=O) groups excluding carboxylic acids is 1. The molecule has 0 amide bonds. The van der Waals surface area contributed by atoms with Crippen molar-refractivity contribution in [1.82, 2.24) is 0 Å². The molecule has 2 nitrogen and oxygen atoms in total. The van der Waals surface area contributed by atoms with E-state index in [2.05, 4.69) is 27.7 Å². The monoisotopic (exact) mass is 495 g/mol. The Bertz CT molecular complexity index is 419. The van der Waals surface area contributed by atoms with Crippen LogP contribution in [0.5, 0.6) is 0 Å². The second-order valence-corrected chi connectivity index (χ2v) is 11.5. The number of unbranched alkanes of at least 4 members (excludes halogenated alkanes) is 19. The first-order chi connectivity index (χ1) is 17.2. The SMILES string of the molecule is CCCCCCCCCCC(CCCCCCCC)COC(=O)C(C)CCCCCCCCCC. The molecule has 0 heterocycles. The lowest BCUT2D eigenvalue weighted by molar-refractivity contribution is -0.149. The zero-order valence-corrected chi connectivity index (χ0v) is 24.9. The molecule has 0 aromatic rings. The summed E-state index contributed by atoms with van der Waals surface area (Å²) in [6.45, 7) is 9.57. The fraction of sp³-hybridized carbons (Fsp3) is 0.970. The van der Waals surface area contributed by atoms with Gasteiger partial charge in [0.15, 0.2) is 0 Å². The molecule has 0 rings (SSSR count). The molecule has 0 bridgehead atoms. The van der Waals surface area contributed by atoms with Crippen LogP contribution < -0.4 is 0 Å². The average Bonchev–Trinajstić information content (AvgIpc) is 2.86. The van der Waals surface area contributed by atoms with Crippen molar-refractivity contribution in [3.8, 4) is 0 Å². The molecule has 0 aliphatic carbocycles. The van der Waals surface area contributed by atoms with Crippen LogP contribution in [-0.2, 0) is 9.53 Å². The zero-order chi connectivity index (χ0) is 25.8. The molecule has 2 unspecified atom stereocenters. The van der Waals surface area contributed by atoms with Crippen LogP contribution in [0.25, 0.3) is 0 Å². The number of hydrogen-bond donors (Lipinski definition) is 0. The second-order valence-electron chi connectivity index (χ2n) is 11.5. The topological polar surface area (TPSA) is 26.3 Å². The molecule has 2 heteroatoms. The third-order valence-corrected chi connectivity index (χ3v) is 7.79. The molecule has 2 atom stereocenters. The normalized spacial score (nSPS) is 13.1. The molecule has 0 spiro atoms. The van der Waals surface area contributed by atoms with Gasteiger partial charge in [-0.3, -0.25) is 4.79 Å². The van der Waals surface area contributed by atoms with Gasteiger partial charge in [0.1, 0.15) is 0 Å². The van der Waals surface area contributed by atoms with Crippen molar-refractivity contribution in [2.75, 3.05) is 6.61 Å². The highest BCUT2D eigenvalue weighted by Crippen LogP contribution is 2.21. The fourth-order valence-electron chi connectivity index (χ4n) is 5.14. The molecule has 0 aliphatic heterocycles. The van der Waals surface area contributed by atoms with E-state index in [-0.39, 0.29) is 11.9 Å². The van der Waals surface area contributed by atoms with Gasteiger partial charge >= 0.3 is 5.97 Å². The number of rotatable bonds is 28. The fourth-order valence-corrected chi connectivity index (χ4v) is 5.14. The number of ether oxygens (including phenoxy) is 1. The Morgan fingerprint density at radius 1 is 0.486 bits per heavy atom. The standard InChI is InChI=1S/C33H66O2/c1-5-8-11-14-17-19-21-24-27-31(4)33(34)35-30-32(28-25-22-16-13-10-7-3)29-26-23-20-18-15-12-9-6-2/h31-32H,5-30H2,1-4H3. The van der Waals surface area contributed by atoms with Crippen molar-refractivity contribution in [2.45, 2.75) is 188 Å². The van der Waals surface area contributed by atoms with Crippen molar-refractivity contribution < 1.29 is 9.53 Å². The minimum atomic E-state index is 0.0526. The molecule has 0 N–H and O–H groups in total. The maximum Gasteiger partial charge on any atom is 0.308 e. The number of carbonyl (C=O) groups is 1. The molecular formula is C33H66O2. The van der Waals surface area contributed by atoms with Gasteiger partial charge in [-0.2, -0.15) is 0 Å². The first-order valence-corrected chi connectivity index (χ1v) is 16.3. The van der Waals surface area contributed by atoms with Crippen molar-refractivity contribution in [3.63, 3.8) is 0 Å². The van der Waals surface area contributed by atoms with Crippen LogP contribution in [-0.4, -0.2) is 12.6 Å². The second kappa shape index (κ2) is 28.0. The van der Waals surface area contributed by atoms with Crippen LogP contribution in [0.4, 0.5) is 0 Å². The van der Waals surface area contributed by atoms with Gasteiger partial charge in [-0.1, -0.05) is 169 Å². The van der Waals surface area contributed by atoms with E-state index in [1.54, 1.807) is 0 Å². The minimum Gasteiger partial charge on any atom is -0.465 e. The van der Waals surface area contributed by atoms with E-state index in [4.69, 9.17) is 4.74 Å². The summed E-state index contributed by atoms with van der Waals surface area (Å²) < 4.78 is 5.87. The van der Waals surface area contributed by atoms with Gasteiger partial charge in [0.25, 0.3) is 0 Å². The van der Waals surface area contributed by atoms with Crippen LogP contribution >= 0.6 is 0 Å². The van der Waals surface area contributed by atoms with Gasteiger partial charge in [-0.25, -0.2) is 0 Å². The lowest BCUT2D eigenvalue weighted by Crippen LogP contribution is -2.20. The summed E-state index contributed by atoms with van der Waals surface area (Å²) in [5.41, 5.74) is 0. The van der Waals surface area contributed by atoms with Crippen molar-refractivity contribution in [3.05, 3.63) is 0 Å². The Morgan fingerprint density at radius 3 is 1.17 bits per heavy atom. The third kappa shape index (κ3) is 24.9. The molecule has 0 saturated heterocycles. The highest BCUT2D eigenvalue weighted by atomic mass is 16.5. The lowest BCUT2D eigenvalue weighted by Gasteiger charge is -2.19. The van der Waals surface area contributed by atoms with Gasteiger partial charge in [-0.05, 0) is 25.2 Å². The molecular weight excluding hydrogens is 428 g/mol. The molecule has 210 valence electrons. The highest BCUT2D eigenvalue weighted by molar-refractivity contribution is 5.71. The van der Waals surface area contributed by atoms with Gasteiger partial charge in [0.2, 0.25) is 0 Å². The Balaban J connectivity index is 4.10. The molecule has 0 saturated carbocycles. The van der Waals surface area contributed by atoms with E-state index >= 15 is 0 Å². The number of esters is 1. The van der Waals surface area contributed by atoms with E-state index in [1.807, 2.05) is 0 Å². The predicted octanol–water partition coefficient (Wildman–Crippen LogP) is 11.6. The van der Waals surface area contributed by atoms with Crippen molar-refractivity contribution in [2.24, 2.45) is 11.8 Å². The zero-order valence-electron chi connectivity index (χ0n) is 24.9. The van der Waals surface area contributed by atoms with E-state index in [0.717, 1.165) is 6.42 Å². The molecule has 0 aromatic heterocycles. The first-order valence-electron chi connectivity index (χ1n) is 16.3. The van der Waals surface area contributed by atoms with Crippen LogP contribution in [0.2, 0.25) is 0 Å². The summed E-state index contributed by atoms with van der Waals surface area (Å²) >= 11 is 0. The van der Waals surface area contributed by atoms with E-state index in [9.17, 15) is 4.79 Å². The predicted molar refractivity (Wildman–Crippen MR) is 156 cm³/mol. The summed E-state index contributed by atoms with van der Waals surface area (Å²) in [4.78, 5) is 12.6. The molecule has 0 aromatic carbocycles. The van der Waals surface area contributed by atoms with Gasteiger partial charge in [0.05, 0.1) is 12.5 Å². The quantitative estimate of drug-likeness (QED) is 0.0798. The average molecular weight is 495 g/mol. The molecule has 35 heavy (non-hydrogen) atoms. The summed E-state index contributed by atoms with van der Waals surface area (Å²) in [6.07, 6.45) is 33.1. The number of hydrogen-bond acceptors (Lipinski definition) is 2. The molecule has 0 fully saturated rings. The Hall–Kier alpha value is -0.530. The summed E-state index contributed by atoms with van der Waals surface area (Å²) in [5, 5.41) is 0.